The van der Waals surface area contributed by atoms with Crippen LogP contribution >= 0.6 is 0 Å². The van der Waals surface area contributed by atoms with E-state index in [1.54, 1.807) is 12.5 Å². The third-order valence-electron chi connectivity index (χ3n) is 5.80. The molecule has 2 radical (unpaired) electrons. The van der Waals surface area contributed by atoms with Crippen LogP contribution in [0, 0.1) is 0 Å². The van der Waals surface area contributed by atoms with Crippen LogP contribution < -0.4 is 5.19 Å². The Morgan fingerprint density at radius 3 is 2.20 bits per heavy atom. The van der Waals surface area contributed by atoms with Gasteiger partial charge in [-0.05, 0) is 60.8 Å². The van der Waals surface area contributed by atoms with E-state index in [1.807, 2.05) is 0 Å². The summed E-state index contributed by atoms with van der Waals surface area (Å²) in [7, 11) is 0.101. The van der Waals surface area contributed by atoms with E-state index in [1.165, 1.54) is 75.0 Å². The molecule has 0 amide bonds. The number of hydrogen-bond acceptors (Lipinski definition) is 2. The zero-order chi connectivity index (χ0) is 17.6. The van der Waals surface area contributed by atoms with Crippen molar-refractivity contribution in [3.05, 3.63) is 41.5 Å². The van der Waals surface area contributed by atoms with Gasteiger partial charge >= 0.3 is 15.7 Å². The van der Waals surface area contributed by atoms with Gasteiger partial charge in [0, 0.05) is 5.57 Å². The lowest BCUT2D eigenvalue weighted by molar-refractivity contribution is -0.129. The second-order valence-electron chi connectivity index (χ2n) is 7.75. The van der Waals surface area contributed by atoms with Crippen LogP contribution in [0.1, 0.15) is 94.1 Å². The number of benzene rings is 1. The molecule has 3 rings (SSSR count). The largest absolute Gasteiger partial charge is 0.508 e. The van der Waals surface area contributed by atoms with Gasteiger partial charge in [0.1, 0.15) is 0 Å². The highest BCUT2D eigenvalue weighted by Crippen LogP contribution is 2.40. The maximum Gasteiger partial charge on any atom is 0.356 e. The van der Waals surface area contributed by atoms with Crippen LogP contribution in [0.2, 0.25) is 0 Å². The summed E-state index contributed by atoms with van der Waals surface area (Å²) in [4.78, 5) is 11.9. The molecule has 2 nitrogen and oxygen atoms in total. The third-order valence-corrected chi connectivity index (χ3v) is 6.74. The number of carbonyl (C=O) groups is 1. The van der Waals surface area contributed by atoms with Crippen molar-refractivity contribution in [2.75, 3.05) is 0 Å². The number of hydrogen-bond donors (Lipinski definition) is 0. The van der Waals surface area contributed by atoms with E-state index in [2.05, 4.69) is 24.8 Å². The average molecular weight is 355 g/mol. The Hall–Kier alpha value is -1.35. The van der Waals surface area contributed by atoms with Crippen LogP contribution in [0.3, 0.4) is 0 Å². The van der Waals surface area contributed by atoms with Gasteiger partial charge in [0.15, 0.2) is 0 Å². The number of rotatable bonds is 5. The topological polar surface area (TPSA) is 26.3 Å². The van der Waals surface area contributed by atoms with Crippen LogP contribution in [0.25, 0.3) is 0 Å². The Balaban J connectivity index is 1.89. The van der Waals surface area contributed by atoms with Crippen molar-refractivity contribution < 1.29 is 9.22 Å². The highest BCUT2D eigenvalue weighted by molar-refractivity contribution is 6.50. The lowest BCUT2D eigenvalue weighted by Crippen LogP contribution is -2.29. The Morgan fingerprint density at radius 1 is 1.00 bits per heavy atom. The minimum absolute atomic E-state index is 0.101. The molecule has 2 saturated carbocycles. The molecule has 0 heterocycles. The molecule has 0 aliphatic heterocycles. The molecule has 0 spiro atoms. The molecule has 0 N–H and O–H groups in total. The van der Waals surface area contributed by atoms with Crippen LogP contribution in [-0.4, -0.2) is 15.7 Å². The van der Waals surface area contributed by atoms with Crippen molar-refractivity contribution in [2.45, 2.75) is 83.0 Å². The molecule has 2 fully saturated rings. The van der Waals surface area contributed by atoms with E-state index in [0.717, 1.165) is 0 Å². The van der Waals surface area contributed by atoms with Crippen molar-refractivity contribution >= 4 is 20.9 Å². The van der Waals surface area contributed by atoms with Crippen LogP contribution in [-0.2, 0) is 9.22 Å². The van der Waals surface area contributed by atoms with E-state index >= 15 is 0 Å². The van der Waals surface area contributed by atoms with Gasteiger partial charge in [-0.15, -0.1) is 0 Å². The fraction of sp³-hybridized carbons (Fsp3) is 0.591. The van der Waals surface area contributed by atoms with Crippen molar-refractivity contribution in [1.29, 1.82) is 0 Å². The Kier molecular flexibility index (Phi) is 6.52. The Bertz CT molecular complexity index is 610. The van der Waals surface area contributed by atoms with Gasteiger partial charge in [-0.25, -0.2) is 4.79 Å². The monoisotopic (exact) mass is 354 g/mol. The first-order valence-corrected chi connectivity index (χ1v) is 10.8. The molecule has 2 aliphatic carbocycles. The summed E-state index contributed by atoms with van der Waals surface area (Å²) in [6.07, 6.45) is 13.3. The second-order valence-corrected chi connectivity index (χ2v) is 8.70. The second kappa shape index (κ2) is 8.84. The van der Waals surface area contributed by atoms with E-state index in [-0.39, 0.29) is 15.7 Å². The molecule has 0 aromatic heterocycles. The lowest BCUT2D eigenvalue weighted by Gasteiger charge is -2.31. The summed E-state index contributed by atoms with van der Waals surface area (Å²) in [5.41, 5.74) is 3.57. The first kappa shape index (κ1) is 18.4. The van der Waals surface area contributed by atoms with Gasteiger partial charge in [-0.3, -0.25) is 0 Å². The van der Waals surface area contributed by atoms with E-state index in [0.29, 0.717) is 17.4 Å². The summed E-state index contributed by atoms with van der Waals surface area (Å²) < 4.78 is 5.55. The van der Waals surface area contributed by atoms with Gasteiger partial charge in [0.05, 0.1) is 0 Å². The van der Waals surface area contributed by atoms with Gasteiger partial charge < -0.3 is 4.43 Å². The summed E-state index contributed by atoms with van der Waals surface area (Å²) in [5, 5.41) is 1.25. The van der Waals surface area contributed by atoms with Crippen molar-refractivity contribution in [1.82, 2.24) is 0 Å². The van der Waals surface area contributed by atoms with Gasteiger partial charge in [-0.1, -0.05) is 63.3 Å². The highest BCUT2D eigenvalue weighted by Gasteiger charge is 2.27. The van der Waals surface area contributed by atoms with Gasteiger partial charge in [0.25, 0.3) is 0 Å². The summed E-state index contributed by atoms with van der Waals surface area (Å²) >= 11 is 0. The zero-order valence-electron chi connectivity index (χ0n) is 15.5. The molecule has 0 saturated heterocycles. The minimum atomic E-state index is -0.268. The quantitative estimate of drug-likeness (QED) is 0.540. The standard InChI is InChI=1S/C22H30O2Si/c1-16(2)22(23)24-25-20-15-9-14-19(17-10-5-3-6-11-17)21(20)18-12-7-4-8-13-18/h9,14-15,17-18H,1,3-8,10-13H2,2H3. The van der Waals surface area contributed by atoms with Gasteiger partial charge in [-0.2, -0.15) is 0 Å². The number of carbonyl (C=O) groups excluding carboxylic acids is 1. The molecule has 3 heteroatoms. The van der Waals surface area contributed by atoms with Crippen LogP contribution in [0.5, 0.6) is 0 Å². The molecule has 0 unspecified atom stereocenters. The summed E-state index contributed by atoms with van der Waals surface area (Å²) in [5.74, 6) is 1.08. The maximum absolute atomic E-state index is 11.9. The first-order valence-electron chi connectivity index (χ1n) is 9.92. The fourth-order valence-corrected chi connectivity index (χ4v) is 5.48. The predicted octanol–water partition coefficient (Wildman–Crippen LogP) is 5.15. The molecule has 134 valence electrons. The van der Waals surface area contributed by atoms with Crippen LogP contribution in [0.15, 0.2) is 30.4 Å². The van der Waals surface area contributed by atoms with Crippen molar-refractivity contribution in [3.8, 4) is 0 Å². The van der Waals surface area contributed by atoms with E-state index in [9.17, 15) is 4.79 Å². The molecular weight excluding hydrogens is 324 g/mol. The molecule has 0 bridgehead atoms. The first-order chi connectivity index (χ1) is 12.2. The van der Waals surface area contributed by atoms with Crippen LogP contribution in [0.4, 0.5) is 0 Å². The molecule has 25 heavy (non-hydrogen) atoms. The molecule has 1 aromatic rings. The summed E-state index contributed by atoms with van der Waals surface area (Å²) in [6.45, 7) is 5.42. The third kappa shape index (κ3) is 4.63. The van der Waals surface area contributed by atoms with Crippen molar-refractivity contribution in [3.63, 3.8) is 0 Å². The smallest absolute Gasteiger partial charge is 0.356 e. The van der Waals surface area contributed by atoms with E-state index in [4.69, 9.17) is 4.43 Å². The molecule has 0 atom stereocenters. The fourth-order valence-electron chi connectivity index (χ4n) is 4.48. The molecule has 1 aromatic carbocycles. The van der Waals surface area contributed by atoms with E-state index < -0.39 is 0 Å². The maximum atomic E-state index is 11.9. The van der Waals surface area contributed by atoms with Gasteiger partial charge in [0.2, 0.25) is 0 Å². The molecule has 2 aliphatic rings. The predicted molar refractivity (Wildman–Crippen MR) is 104 cm³/mol. The average Bonchev–Trinajstić information content (AvgIpc) is 2.67. The summed E-state index contributed by atoms with van der Waals surface area (Å²) in [6, 6.07) is 6.71. The SMILES string of the molecule is C=C(C)C(=O)O[Si]c1cccc(C2CCCCC2)c1C1CCCCC1. The minimum Gasteiger partial charge on any atom is -0.508 e. The normalized spacial score (nSPS) is 19.6. The molecular formula is C22H30O2Si. The zero-order valence-corrected chi connectivity index (χ0v) is 16.5. The highest BCUT2D eigenvalue weighted by atomic mass is 28.2. The lowest BCUT2D eigenvalue weighted by atomic mass is 9.76. The van der Waals surface area contributed by atoms with Crippen molar-refractivity contribution in [2.24, 2.45) is 0 Å². The Labute approximate surface area is 155 Å². The Morgan fingerprint density at radius 2 is 1.60 bits per heavy atom.